The number of carbonyl (C=O) groups excluding carboxylic acids is 3. The van der Waals surface area contributed by atoms with Gasteiger partial charge in [-0.2, -0.15) is 0 Å². The van der Waals surface area contributed by atoms with Crippen LogP contribution in [0.5, 0.6) is 0 Å². The summed E-state index contributed by atoms with van der Waals surface area (Å²) in [6, 6.07) is 11.5. The Balaban J connectivity index is 1.55. The second-order valence-electron chi connectivity index (χ2n) is 11.2. The Bertz CT molecular complexity index is 1720. The van der Waals surface area contributed by atoms with Crippen LogP contribution in [0.1, 0.15) is 70.8 Å². The van der Waals surface area contributed by atoms with Crippen LogP contribution in [0.2, 0.25) is 0 Å². The molecule has 0 fully saturated rings. The van der Waals surface area contributed by atoms with Gasteiger partial charge in [0.05, 0.1) is 17.0 Å². The molecule has 0 aliphatic carbocycles. The van der Waals surface area contributed by atoms with Crippen LogP contribution in [0.3, 0.4) is 0 Å². The second-order valence-corrected chi connectivity index (χ2v) is 12.3. The Morgan fingerprint density at radius 3 is 2.44 bits per heavy atom. The number of thiophene rings is 1. The van der Waals surface area contributed by atoms with Gasteiger partial charge in [0.15, 0.2) is 5.78 Å². The summed E-state index contributed by atoms with van der Waals surface area (Å²) >= 11 is 1.27. The monoisotopic (exact) mass is 605 g/mol. The van der Waals surface area contributed by atoms with Gasteiger partial charge in [-0.3, -0.25) is 9.59 Å². The Morgan fingerprint density at radius 2 is 1.79 bits per heavy atom. The van der Waals surface area contributed by atoms with Crippen molar-refractivity contribution in [3.63, 3.8) is 0 Å². The minimum Gasteiger partial charge on any atom is -0.480 e. The maximum atomic E-state index is 13.4. The van der Waals surface area contributed by atoms with Gasteiger partial charge in [0.2, 0.25) is 0 Å². The standard InChI is InChI=1S/C32H35N3O7S/c1-17-26-20(16-41-6)10-12-21(18(2)36)28(26)43-27(17)29(37)35-25-15-13-22-19(8-7-9-23(22)33-25)11-14-24(30(38)39)34-31(40)42-32(3,4)5/h7-10,12-13,15,24H,11,14,16H2,1-6H3,(H,34,40)(H,38,39)(H,33,35,37)/t24-/m0/s1. The molecule has 0 saturated heterocycles. The van der Waals surface area contributed by atoms with Crippen molar-refractivity contribution in [2.75, 3.05) is 12.4 Å². The zero-order valence-electron chi connectivity index (χ0n) is 25.0. The van der Waals surface area contributed by atoms with Crippen molar-refractivity contribution in [2.24, 2.45) is 0 Å². The molecule has 0 unspecified atom stereocenters. The summed E-state index contributed by atoms with van der Waals surface area (Å²) in [6.45, 7) is 8.83. The molecule has 0 radical (unpaired) electrons. The number of fused-ring (bicyclic) bond motifs is 2. The van der Waals surface area contributed by atoms with Gasteiger partial charge in [0, 0.05) is 28.1 Å². The van der Waals surface area contributed by atoms with Gasteiger partial charge in [-0.05, 0) is 88.4 Å². The van der Waals surface area contributed by atoms with E-state index in [4.69, 9.17) is 9.47 Å². The minimum atomic E-state index is -1.16. The van der Waals surface area contributed by atoms with Crippen molar-refractivity contribution in [3.8, 4) is 0 Å². The average Bonchev–Trinajstić information content (AvgIpc) is 3.27. The summed E-state index contributed by atoms with van der Waals surface area (Å²) in [5.74, 6) is -1.22. The van der Waals surface area contributed by atoms with Crippen molar-refractivity contribution in [2.45, 2.75) is 65.7 Å². The lowest BCUT2D eigenvalue weighted by atomic mass is 10.0. The summed E-state index contributed by atoms with van der Waals surface area (Å²) in [6.07, 6.45) is -0.285. The first kappa shape index (κ1) is 31.6. The van der Waals surface area contributed by atoms with Crippen LogP contribution < -0.4 is 10.6 Å². The van der Waals surface area contributed by atoms with E-state index < -0.39 is 23.7 Å². The molecule has 3 N–H and O–H groups in total. The number of aryl methyl sites for hydroxylation is 2. The molecule has 1 atom stereocenters. The first-order valence-corrected chi connectivity index (χ1v) is 14.6. The van der Waals surface area contributed by atoms with E-state index in [-0.39, 0.29) is 18.1 Å². The van der Waals surface area contributed by atoms with Crippen LogP contribution in [0.25, 0.3) is 21.0 Å². The molecule has 4 rings (SSSR count). The average molecular weight is 606 g/mol. The summed E-state index contributed by atoms with van der Waals surface area (Å²) in [7, 11) is 1.60. The fourth-order valence-corrected chi connectivity index (χ4v) is 6.20. The molecule has 0 saturated carbocycles. The first-order valence-electron chi connectivity index (χ1n) is 13.8. The fourth-order valence-electron chi connectivity index (χ4n) is 4.89. The van der Waals surface area contributed by atoms with Crippen molar-refractivity contribution in [1.82, 2.24) is 10.3 Å². The van der Waals surface area contributed by atoms with Gasteiger partial charge in [-0.1, -0.05) is 18.2 Å². The van der Waals surface area contributed by atoms with E-state index in [1.54, 1.807) is 40.0 Å². The number of aliphatic carboxylic acids is 1. The van der Waals surface area contributed by atoms with Crippen molar-refractivity contribution in [3.05, 3.63) is 69.6 Å². The zero-order chi connectivity index (χ0) is 31.5. The smallest absolute Gasteiger partial charge is 0.408 e. The highest BCUT2D eigenvalue weighted by Gasteiger charge is 2.25. The normalized spacial score (nSPS) is 12.2. The van der Waals surface area contributed by atoms with Gasteiger partial charge in [-0.25, -0.2) is 14.6 Å². The third kappa shape index (κ3) is 7.36. The third-order valence-corrected chi connectivity index (χ3v) is 8.13. The number of hydrogen-bond acceptors (Lipinski definition) is 8. The summed E-state index contributed by atoms with van der Waals surface area (Å²) in [5.41, 5.74) is 2.95. The Morgan fingerprint density at radius 1 is 1.05 bits per heavy atom. The molecule has 0 aliphatic rings. The molecule has 0 bridgehead atoms. The van der Waals surface area contributed by atoms with Crippen molar-refractivity contribution in [1.29, 1.82) is 0 Å². The molecule has 2 aromatic heterocycles. The number of alkyl carbamates (subject to hydrolysis) is 1. The highest BCUT2D eigenvalue weighted by molar-refractivity contribution is 7.21. The lowest BCUT2D eigenvalue weighted by molar-refractivity contribution is -0.139. The molecule has 43 heavy (non-hydrogen) atoms. The SMILES string of the molecule is COCc1ccc(C(C)=O)c2sc(C(=O)Nc3ccc4c(CC[C@H](NC(=O)OC(C)(C)C)C(=O)O)cccc4n3)c(C)c12. The zero-order valence-corrected chi connectivity index (χ0v) is 25.8. The number of ketones is 1. The number of benzene rings is 2. The molecule has 2 aromatic carbocycles. The molecule has 226 valence electrons. The van der Waals surface area contributed by atoms with Crippen LogP contribution in [0, 0.1) is 6.92 Å². The van der Waals surface area contributed by atoms with Crippen LogP contribution in [-0.4, -0.2) is 52.6 Å². The van der Waals surface area contributed by atoms with E-state index in [2.05, 4.69) is 15.6 Å². The number of amides is 2. The molecule has 0 aliphatic heterocycles. The number of aromatic nitrogens is 1. The van der Waals surface area contributed by atoms with E-state index in [1.165, 1.54) is 18.3 Å². The van der Waals surface area contributed by atoms with Crippen molar-refractivity contribution >= 4 is 61.9 Å². The maximum absolute atomic E-state index is 13.4. The van der Waals surface area contributed by atoms with Crippen LogP contribution in [-0.2, 0) is 27.3 Å². The lowest BCUT2D eigenvalue weighted by Gasteiger charge is -2.22. The van der Waals surface area contributed by atoms with Gasteiger partial charge >= 0.3 is 12.1 Å². The van der Waals surface area contributed by atoms with Crippen LogP contribution >= 0.6 is 11.3 Å². The third-order valence-electron chi connectivity index (χ3n) is 6.80. The molecular formula is C32H35N3O7S. The molecular weight excluding hydrogens is 570 g/mol. The number of anilines is 1. The molecule has 11 heteroatoms. The predicted molar refractivity (Wildman–Crippen MR) is 166 cm³/mol. The summed E-state index contributed by atoms with van der Waals surface area (Å²) < 4.78 is 11.3. The Labute approximate surface area is 253 Å². The number of nitrogens with zero attached hydrogens (tertiary/aromatic N) is 1. The minimum absolute atomic E-state index is 0.0792. The number of carbonyl (C=O) groups is 4. The number of methoxy groups -OCH3 is 1. The van der Waals surface area contributed by atoms with E-state index >= 15 is 0 Å². The number of hydrogen-bond donors (Lipinski definition) is 3. The Hall–Kier alpha value is -4.35. The topological polar surface area (TPSA) is 144 Å². The summed E-state index contributed by atoms with van der Waals surface area (Å²) in [5, 5.41) is 16.6. The van der Waals surface area contributed by atoms with Crippen LogP contribution in [0.15, 0.2) is 42.5 Å². The Kier molecular flexibility index (Phi) is 9.46. The molecule has 2 heterocycles. The lowest BCUT2D eigenvalue weighted by Crippen LogP contribution is -2.43. The van der Waals surface area contributed by atoms with E-state index in [9.17, 15) is 24.3 Å². The van der Waals surface area contributed by atoms with Crippen molar-refractivity contribution < 1.29 is 33.8 Å². The first-order chi connectivity index (χ1) is 20.3. The van der Waals surface area contributed by atoms with Gasteiger partial charge in [0.25, 0.3) is 5.91 Å². The molecule has 2 amide bonds. The highest BCUT2D eigenvalue weighted by atomic mass is 32.1. The highest BCUT2D eigenvalue weighted by Crippen LogP contribution is 2.37. The van der Waals surface area contributed by atoms with E-state index in [0.29, 0.717) is 34.8 Å². The number of carboxylic acids is 1. The van der Waals surface area contributed by atoms with Crippen LogP contribution in [0.4, 0.5) is 10.6 Å². The number of pyridine rings is 1. The number of Topliss-reactive ketones (excluding diaryl/α,β-unsaturated/α-hetero) is 1. The molecule has 10 nitrogen and oxygen atoms in total. The predicted octanol–water partition coefficient (Wildman–Crippen LogP) is 6.27. The quantitative estimate of drug-likeness (QED) is 0.180. The maximum Gasteiger partial charge on any atom is 0.408 e. The number of ether oxygens (including phenoxy) is 2. The van der Waals surface area contributed by atoms with Gasteiger partial charge in [-0.15, -0.1) is 11.3 Å². The number of rotatable bonds is 10. The van der Waals surface area contributed by atoms with E-state index in [0.717, 1.165) is 32.2 Å². The molecule has 4 aromatic rings. The van der Waals surface area contributed by atoms with Gasteiger partial charge in [0.1, 0.15) is 17.5 Å². The largest absolute Gasteiger partial charge is 0.480 e. The summed E-state index contributed by atoms with van der Waals surface area (Å²) in [4.78, 5) is 54.7. The molecule has 0 spiro atoms. The number of carboxylic acid groups (broad SMARTS) is 1. The van der Waals surface area contributed by atoms with Gasteiger partial charge < -0.3 is 25.2 Å². The fraction of sp³-hybridized carbons (Fsp3) is 0.344. The second kappa shape index (κ2) is 12.9. The number of nitrogens with one attached hydrogen (secondary N) is 2. The van der Waals surface area contributed by atoms with E-state index in [1.807, 2.05) is 37.3 Å².